The number of hydrogen-bond acceptors (Lipinski definition) is 3. The smallest absolute Gasteiger partial charge is 0.257 e. The molecule has 0 saturated heterocycles. The molecule has 2 aromatic carbocycles. The first-order chi connectivity index (χ1) is 10.5. The van der Waals surface area contributed by atoms with E-state index in [0.717, 1.165) is 0 Å². The largest absolute Gasteiger partial charge is 0.494 e. The first kappa shape index (κ1) is 16.6. The number of nitrogens with one attached hydrogen (secondary N) is 1. The summed E-state index contributed by atoms with van der Waals surface area (Å²) in [5, 5.41) is 12.8. The Morgan fingerprint density at radius 3 is 2.68 bits per heavy atom. The number of benzene rings is 2. The second-order valence-electron chi connectivity index (χ2n) is 4.49. The lowest BCUT2D eigenvalue weighted by molar-refractivity contribution is 0.102. The van der Waals surface area contributed by atoms with Crippen LogP contribution in [0.2, 0.25) is 10.0 Å². The Morgan fingerprint density at radius 2 is 2.00 bits per heavy atom. The van der Waals surface area contributed by atoms with E-state index in [4.69, 9.17) is 27.9 Å². The zero-order valence-electron chi connectivity index (χ0n) is 11.9. The Hall–Kier alpha value is -1.75. The summed E-state index contributed by atoms with van der Waals surface area (Å²) in [6.45, 7) is 2.17. The second-order valence-corrected chi connectivity index (χ2v) is 5.34. The van der Waals surface area contributed by atoms with Crippen molar-refractivity contribution in [3.8, 4) is 5.75 Å². The maximum atomic E-state index is 12.2. The molecule has 0 aliphatic carbocycles. The molecule has 0 fully saturated rings. The monoisotopic (exact) mass is 339 g/mol. The highest BCUT2D eigenvalue weighted by Crippen LogP contribution is 2.25. The van der Waals surface area contributed by atoms with Crippen LogP contribution in [0, 0.1) is 0 Å². The zero-order chi connectivity index (χ0) is 16.1. The van der Waals surface area contributed by atoms with E-state index in [1.807, 2.05) is 6.92 Å². The van der Waals surface area contributed by atoms with Crippen LogP contribution >= 0.6 is 23.2 Å². The molecule has 0 atom stereocenters. The Labute approximate surface area is 138 Å². The zero-order valence-corrected chi connectivity index (χ0v) is 13.4. The van der Waals surface area contributed by atoms with Crippen molar-refractivity contribution in [2.45, 2.75) is 13.5 Å². The molecule has 116 valence electrons. The standard InChI is InChI=1S/C16H15Cl2NO3/c1-2-22-15-6-4-12(7-10(15)9-20)19-16(21)13-8-11(17)3-5-14(13)18/h3-8,20H,2,9H2,1H3,(H,19,21). The van der Waals surface area contributed by atoms with Gasteiger partial charge >= 0.3 is 0 Å². The van der Waals surface area contributed by atoms with Crippen LogP contribution in [-0.2, 0) is 6.61 Å². The van der Waals surface area contributed by atoms with E-state index in [2.05, 4.69) is 5.32 Å². The highest BCUT2D eigenvalue weighted by Gasteiger charge is 2.12. The molecule has 2 N–H and O–H groups in total. The fraction of sp³-hybridized carbons (Fsp3) is 0.188. The van der Waals surface area contributed by atoms with E-state index in [0.29, 0.717) is 33.7 Å². The maximum absolute atomic E-state index is 12.2. The maximum Gasteiger partial charge on any atom is 0.257 e. The van der Waals surface area contributed by atoms with Crippen molar-refractivity contribution >= 4 is 34.8 Å². The molecule has 0 aliphatic rings. The van der Waals surface area contributed by atoms with Crippen molar-refractivity contribution in [1.29, 1.82) is 0 Å². The minimum atomic E-state index is -0.374. The summed E-state index contributed by atoms with van der Waals surface area (Å²) in [5.41, 5.74) is 1.42. The van der Waals surface area contributed by atoms with Gasteiger partial charge in [0.1, 0.15) is 5.75 Å². The van der Waals surface area contributed by atoms with E-state index in [1.54, 1.807) is 30.3 Å². The van der Waals surface area contributed by atoms with Gasteiger partial charge in [0.25, 0.3) is 5.91 Å². The lowest BCUT2D eigenvalue weighted by Gasteiger charge is -2.12. The summed E-state index contributed by atoms with van der Waals surface area (Å²) in [6, 6.07) is 9.73. The Bertz CT molecular complexity index is 689. The van der Waals surface area contributed by atoms with Crippen molar-refractivity contribution in [3.63, 3.8) is 0 Å². The predicted molar refractivity (Wildman–Crippen MR) is 87.9 cm³/mol. The molecule has 0 bridgehead atoms. The van der Waals surface area contributed by atoms with Gasteiger partial charge in [-0.25, -0.2) is 0 Å². The van der Waals surface area contributed by atoms with E-state index < -0.39 is 0 Å². The third-order valence-electron chi connectivity index (χ3n) is 2.96. The van der Waals surface area contributed by atoms with Crippen LogP contribution in [-0.4, -0.2) is 17.6 Å². The van der Waals surface area contributed by atoms with Crippen LogP contribution < -0.4 is 10.1 Å². The van der Waals surface area contributed by atoms with Gasteiger partial charge in [-0.05, 0) is 43.3 Å². The summed E-state index contributed by atoms with van der Waals surface area (Å²) in [6.07, 6.45) is 0. The Balaban J connectivity index is 2.23. The summed E-state index contributed by atoms with van der Waals surface area (Å²) >= 11 is 11.9. The Morgan fingerprint density at radius 1 is 1.23 bits per heavy atom. The average molecular weight is 340 g/mol. The number of aliphatic hydroxyl groups excluding tert-OH is 1. The molecule has 2 rings (SSSR count). The van der Waals surface area contributed by atoms with E-state index in [-0.39, 0.29) is 18.1 Å². The van der Waals surface area contributed by atoms with Gasteiger partial charge in [-0.3, -0.25) is 4.79 Å². The van der Waals surface area contributed by atoms with E-state index in [9.17, 15) is 9.90 Å². The molecule has 0 radical (unpaired) electrons. The van der Waals surface area contributed by atoms with Crippen molar-refractivity contribution in [2.75, 3.05) is 11.9 Å². The van der Waals surface area contributed by atoms with Gasteiger partial charge in [0, 0.05) is 16.3 Å². The van der Waals surface area contributed by atoms with Gasteiger partial charge in [-0.1, -0.05) is 23.2 Å². The first-order valence-corrected chi connectivity index (χ1v) is 7.43. The van der Waals surface area contributed by atoms with Crippen molar-refractivity contribution in [1.82, 2.24) is 0 Å². The first-order valence-electron chi connectivity index (χ1n) is 6.68. The molecule has 0 unspecified atom stereocenters. The van der Waals surface area contributed by atoms with Crippen LogP contribution in [0.25, 0.3) is 0 Å². The lowest BCUT2D eigenvalue weighted by atomic mass is 10.1. The number of halogens is 2. The van der Waals surface area contributed by atoms with Gasteiger partial charge in [0.15, 0.2) is 0 Å². The van der Waals surface area contributed by atoms with E-state index in [1.165, 1.54) is 6.07 Å². The number of hydrogen-bond donors (Lipinski definition) is 2. The number of ether oxygens (including phenoxy) is 1. The summed E-state index contributed by atoms with van der Waals surface area (Å²) in [5.74, 6) is 0.212. The molecule has 2 aromatic rings. The molecule has 0 spiro atoms. The molecule has 1 amide bonds. The summed E-state index contributed by atoms with van der Waals surface area (Å²) in [4.78, 5) is 12.2. The molecule has 0 aliphatic heterocycles. The van der Waals surface area contributed by atoms with Gasteiger partial charge in [-0.2, -0.15) is 0 Å². The molecule has 22 heavy (non-hydrogen) atoms. The van der Waals surface area contributed by atoms with Crippen LogP contribution in [0.3, 0.4) is 0 Å². The minimum absolute atomic E-state index is 0.184. The van der Waals surface area contributed by atoms with Crippen molar-refractivity contribution in [3.05, 3.63) is 57.6 Å². The molecule has 0 heterocycles. The summed E-state index contributed by atoms with van der Waals surface area (Å²) in [7, 11) is 0. The van der Waals surface area contributed by atoms with Gasteiger partial charge in [0.05, 0.1) is 23.8 Å². The van der Waals surface area contributed by atoms with Crippen molar-refractivity contribution < 1.29 is 14.6 Å². The summed E-state index contributed by atoms with van der Waals surface area (Å²) < 4.78 is 5.40. The van der Waals surface area contributed by atoms with Crippen LogP contribution in [0.1, 0.15) is 22.8 Å². The van der Waals surface area contributed by atoms with Crippen LogP contribution in [0.5, 0.6) is 5.75 Å². The lowest BCUT2D eigenvalue weighted by Crippen LogP contribution is -2.13. The topological polar surface area (TPSA) is 58.6 Å². The number of rotatable bonds is 5. The molecular weight excluding hydrogens is 325 g/mol. The van der Waals surface area contributed by atoms with Gasteiger partial charge in [0.2, 0.25) is 0 Å². The quantitative estimate of drug-likeness (QED) is 0.860. The SMILES string of the molecule is CCOc1ccc(NC(=O)c2cc(Cl)ccc2Cl)cc1CO. The average Bonchev–Trinajstić information content (AvgIpc) is 2.51. The predicted octanol–water partition coefficient (Wildman–Crippen LogP) is 4.14. The molecule has 0 saturated carbocycles. The molecule has 6 heteroatoms. The van der Waals surface area contributed by atoms with Crippen LogP contribution in [0.4, 0.5) is 5.69 Å². The normalized spacial score (nSPS) is 10.4. The molecule has 4 nitrogen and oxygen atoms in total. The number of anilines is 1. The van der Waals surface area contributed by atoms with E-state index >= 15 is 0 Å². The molecule has 0 aromatic heterocycles. The molecular formula is C16H15Cl2NO3. The number of carbonyl (C=O) groups excluding carboxylic acids is 1. The fourth-order valence-electron chi connectivity index (χ4n) is 1.95. The second kappa shape index (κ2) is 7.49. The third-order valence-corrected chi connectivity index (χ3v) is 3.53. The highest BCUT2D eigenvalue weighted by molar-refractivity contribution is 6.36. The number of amides is 1. The fourth-order valence-corrected chi connectivity index (χ4v) is 2.32. The number of carbonyl (C=O) groups is 1. The Kier molecular flexibility index (Phi) is 5.66. The third kappa shape index (κ3) is 3.91. The van der Waals surface area contributed by atoms with Gasteiger partial charge in [-0.15, -0.1) is 0 Å². The minimum Gasteiger partial charge on any atom is -0.494 e. The highest BCUT2D eigenvalue weighted by atomic mass is 35.5. The van der Waals surface area contributed by atoms with Crippen LogP contribution in [0.15, 0.2) is 36.4 Å². The number of aliphatic hydroxyl groups is 1. The van der Waals surface area contributed by atoms with Crippen molar-refractivity contribution in [2.24, 2.45) is 0 Å². The van der Waals surface area contributed by atoms with Gasteiger partial charge < -0.3 is 15.2 Å².